The van der Waals surface area contributed by atoms with Gasteiger partial charge in [0.2, 0.25) is 0 Å². The Kier molecular flexibility index (Phi) is 6.35. The minimum absolute atomic E-state index is 0. The quantitative estimate of drug-likeness (QED) is 0.326. The van der Waals surface area contributed by atoms with Gasteiger partial charge < -0.3 is 9.64 Å². The van der Waals surface area contributed by atoms with E-state index in [1.54, 1.807) is 0 Å². The van der Waals surface area contributed by atoms with Gasteiger partial charge in [-0.15, -0.1) is 12.4 Å². The minimum atomic E-state index is 0. The molecule has 1 aliphatic heterocycles. The van der Waals surface area contributed by atoms with Crippen molar-refractivity contribution >= 4 is 40.6 Å². The molecule has 5 rings (SSSR count). The lowest BCUT2D eigenvalue weighted by Gasteiger charge is -2.22. The second kappa shape index (κ2) is 9.17. The lowest BCUT2D eigenvalue weighted by atomic mass is 10.1. The molecule has 158 valence electrons. The molecule has 0 spiro atoms. The molecule has 0 aliphatic carbocycles. The highest BCUT2D eigenvalue weighted by atomic mass is 35.5. The number of hydrogen-bond donors (Lipinski definition) is 0. The highest BCUT2D eigenvalue weighted by molar-refractivity contribution is 6.30. The average Bonchev–Trinajstić information content (AvgIpc) is 3.20. The monoisotopic (exact) mass is 450 g/mol. The summed E-state index contributed by atoms with van der Waals surface area (Å²) >= 11 is 6.03. The first kappa shape index (κ1) is 21.5. The van der Waals surface area contributed by atoms with Gasteiger partial charge in [0.15, 0.2) is 0 Å². The topological polar surface area (TPSA) is 25.4 Å². The van der Waals surface area contributed by atoms with Crippen LogP contribution in [0.4, 0.5) is 5.69 Å². The summed E-state index contributed by atoms with van der Waals surface area (Å²) in [7, 11) is 0. The van der Waals surface area contributed by atoms with Crippen LogP contribution in [0.2, 0.25) is 5.02 Å². The number of para-hydroxylation sites is 1. The summed E-state index contributed by atoms with van der Waals surface area (Å²) in [6.45, 7) is 4.11. The van der Waals surface area contributed by atoms with Crippen molar-refractivity contribution in [1.29, 1.82) is 0 Å². The highest BCUT2D eigenvalue weighted by Crippen LogP contribution is 2.38. The maximum atomic E-state index is 6.09. The Bertz CT molecular complexity index is 1190. The number of anilines is 1. The molecule has 0 amide bonds. The van der Waals surface area contributed by atoms with Crippen LogP contribution >= 0.6 is 24.0 Å². The Morgan fingerprint density at radius 3 is 2.52 bits per heavy atom. The van der Waals surface area contributed by atoms with E-state index in [0.717, 1.165) is 59.0 Å². The van der Waals surface area contributed by atoms with Crippen molar-refractivity contribution < 1.29 is 4.74 Å². The molecular formula is C26H24Cl2N2O. The Labute approximate surface area is 194 Å². The van der Waals surface area contributed by atoms with E-state index in [0.29, 0.717) is 0 Å². The number of pyridine rings is 1. The summed E-state index contributed by atoms with van der Waals surface area (Å²) in [5, 5.41) is 1.95. The van der Waals surface area contributed by atoms with Gasteiger partial charge in [0, 0.05) is 29.2 Å². The maximum Gasteiger partial charge on any atom is 0.128 e. The van der Waals surface area contributed by atoms with Gasteiger partial charge in [-0.05, 0) is 73.4 Å². The van der Waals surface area contributed by atoms with Crippen LogP contribution < -0.4 is 9.64 Å². The molecule has 3 aromatic carbocycles. The van der Waals surface area contributed by atoms with Crippen molar-refractivity contribution in [2.24, 2.45) is 0 Å². The molecule has 1 aliphatic rings. The molecule has 31 heavy (non-hydrogen) atoms. The number of rotatable bonds is 5. The Morgan fingerprint density at radius 1 is 0.968 bits per heavy atom. The van der Waals surface area contributed by atoms with Gasteiger partial charge in [-0.25, -0.2) is 0 Å². The zero-order valence-electron chi connectivity index (χ0n) is 17.3. The van der Waals surface area contributed by atoms with Crippen molar-refractivity contribution in [3.05, 3.63) is 94.6 Å². The van der Waals surface area contributed by atoms with Crippen LogP contribution in [0.25, 0.3) is 10.9 Å². The zero-order valence-corrected chi connectivity index (χ0v) is 18.9. The van der Waals surface area contributed by atoms with Gasteiger partial charge in [-0.3, -0.25) is 4.98 Å². The van der Waals surface area contributed by atoms with Crippen LogP contribution in [0, 0.1) is 6.92 Å². The molecule has 0 saturated heterocycles. The minimum Gasteiger partial charge on any atom is -0.457 e. The number of aryl methyl sites for hydroxylation is 1. The standard InChI is InChI=1S/C26H23ClN2O.ClH/c1-18-23-14-16-29(15-13-19-7-9-20(27)10-8-19)26(23)24-17-22(11-12-25(24)28-18)30-21-5-3-2-4-6-21;/h2-12,17H,13-16H2,1H3;1H. The molecule has 0 saturated carbocycles. The zero-order chi connectivity index (χ0) is 20.5. The van der Waals surface area contributed by atoms with Gasteiger partial charge in [0.05, 0.1) is 11.2 Å². The maximum absolute atomic E-state index is 6.09. The van der Waals surface area contributed by atoms with Crippen LogP contribution in [-0.4, -0.2) is 18.1 Å². The summed E-state index contributed by atoms with van der Waals surface area (Å²) < 4.78 is 6.09. The van der Waals surface area contributed by atoms with E-state index in [1.165, 1.54) is 16.8 Å². The Morgan fingerprint density at radius 2 is 1.74 bits per heavy atom. The molecule has 0 radical (unpaired) electrons. The van der Waals surface area contributed by atoms with Crippen LogP contribution in [0.15, 0.2) is 72.8 Å². The van der Waals surface area contributed by atoms with Crippen molar-refractivity contribution in [2.75, 3.05) is 18.0 Å². The summed E-state index contributed by atoms with van der Waals surface area (Å²) in [5.41, 5.74) is 6.12. The fourth-order valence-corrected chi connectivity index (χ4v) is 4.36. The number of nitrogens with zero attached hydrogens (tertiary/aromatic N) is 2. The van der Waals surface area contributed by atoms with Crippen molar-refractivity contribution in [3.8, 4) is 11.5 Å². The van der Waals surface area contributed by atoms with Gasteiger partial charge in [0.25, 0.3) is 0 Å². The highest BCUT2D eigenvalue weighted by Gasteiger charge is 2.24. The lowest BCUT2D eigenvalue weighted by Crippen LogP contribution is -2.23. The van der Waals surface area contributed by atoms with Gasteiger partial charge in [-0.1, -0.05) is 41.9 Å². The third kappa shape index (κ3) is 4.48. The molecule has 4 aromatic rings. The predicted octanol–water partition coefficient (Wildman–Crippen LogP) is 7.02. The Balaban J connectivity index is 0.00000231. The number of halogens is 2. The smallest absolute Gasteiger partial charge is 0.128 e. The summed E-state index contributed by atoms with van der Waals surface area (Å²) in [6, 6.07) is 24.3. The van der Waals surface area contributed by atoms with Crippen molar-refractivity contribution in [3.63, 3.8) is 0 Å². The number of hydrogen-bond acceptors (Lipinski definition) is 3. The van der Waals surface area contributed by atoms with E-state index in [9.17, 15) is 0 Å². The molecule has 0 atom stereocenters. The molecule has 3 nitrogen and oxygen atoms in total. The predicted molar refractivity (Wildman–Crippen MR) is 131 cm³/mol. The third-order valence-corrected chi connectivity index (χ3v) is 6.00. The van der Waals surface area contributed by atoms with Gasteiger partial charge in [0.1, 0.15) is 11.5 Å². The molecule has 5 heteroatoms. The third-order valence-electron chi connectivity index (χ3n) is 5.74. The SMILES string of the molecule is Cc1nc2ccc(Oc3ccccc3)cc2c2c1CCN2CCc1ccc(Cl)cc1.Cl. The van der Waals surface area contributed by atoms with E-state index in [-0.39, 0.29) is 12.4 Å². The number of ether oxygens (including phenoxy) is 1. The molecule has 1 aromatic heterocycles. The lowest BCUT2D eigenvalue weighted by molar-refractivity contribution is 0.483. The summed E-state index contributed by atoms with van der Waals surface area (Å²) in [5.74, 6) is 1.68. The van der Waals surface area contributed by atoms with Crippen LogP contribution in [-0.2, 0) is 12.8 Å². The second-order valence-electron chi connectivity index (χ2n) is 7.73. The fraction of sp³-hybridized carbons (Fsp3) is 0.192. The number of benzene rings is 3. The number of fused-ring (bicyclic) bond motifs is 3. The summed E-state index contributed by atoms with van der Waals surface area (Å²) in [4.78, 5) is 7.35. The normalized spacial score (nSPS) is 12.5. The fourth-order valence-electron chi connectivity index (χ4n) is 4.23. The van der Waals surface area contributed by atoms with Crippen LogP contribution in [0.1, 0.15) is 16.8 Å². The molecule has 0 fully saturated rings. The average molecular weight is 451 g/mol. The van der Waals surface area contributed by atoms with Gasteiger partial charge >= 0.3 is 0 Å². The molecule has 0 bridgehead atoms. The molecule has 0 N–H and O–H groups in total. The Hall–Kier alpha value is -2.75. The largest absolute Gasteiger partial charge is 0.457 e. The van der Waals surface area contributed by atoms with E-state index in [1.807, 2.05) is 48.5 Å². The van der Waals surface area contributed by atoms with E-state index < -0.39 is 0 Å². The van der Waals surface area contributed by atoms with E-state index in [2.05, 4.69) is 36.1 Å². The molecule has 0 unspecified atom stereocenters. The molecular weight excluding hydrogens is 427 g/mol. The second-order valence-corrected chi connectivity index (χ2v) is 8.17. The van der Waals surface area contributed by atoms with E-state index in [4.69, 9.17) is 21.3 Å². The van der Waals surface area contributed by atoms with Crippen LogP contribution in [0.3, 0.4) is 0 Å². The number of aromatic nitrogens is 1. The van der Waals surface area contributed by atoms with Crippen molar-refractivity contribution in [1.82, 2.24) is 4.98 Å². The summed E-state index contributed by atoms with van der Waals surface area (Å²) in [6.07, 6.45) is 2.02. The first-order chi connectivity index (χ1) is 14.7. The first-order valence-electron chi connectivity index (χ1n) is 10.3. The first-order valence-corrected chi connectivity index (χ1v) is 10.7. The van der Waals surface area contributed by atoms with Gasteiger partial charge in [-0.2, -0.15) is 0 Å². The van der Waals surface area contributed by atoms with Crippen LogP contribution in [0.5, 0.6) is 11.5 Å². The molecule has 2 heterocycles. The van der Waals surface area contributed by atoms with Crippen molar-refractivity contribution in [2.45, 2.75) is 19.8 Å². The van der Waals surface area contributed by atoms with E-state index >= 15 is 0 Å².